The van der Waals surface area contributed by atoms with Crippen molar-refractivity contribution in [1.29, 1.82) is 0 Å². The van der Waals surface area contributed by atoms with Gasteiger partial charge in [-0.05, 0) is 60.4 Å². The Morgan fingerprint density at radius 2 is 1.79 bits per heavy atom. The molecule has 2 N–H and O–H groups in total. The van der Waals surface area contributed by atoms with Crippen molar-refractivity contribution in [3.63, 3.8) is 0 Å². The molecule has 1 aromatic heterocycles. The first-order valence-corrected chi connectivity index (χ1v) is 10.5. The summed E-state index contributed by atoms with van der Waals surface area (Å²) >= 11 is 0. The molecule has 1 aliphatic carbocycles. The number of carbonyl (C=O) groups is 1. The van der Waals surface area contributed by atoms with Gasteiger partial charge in [-0.2, -0.15) is 13.2 Å². The van der Waals surface area contributed by atoms with Crippen LogP contribution in [0.25, 0.3) is 16.8 Å². The molecular weight excluding hydrogens is 429 g/mol. The molecule has 2 aromatic carbocycles. The molecule has 4 nitrogen and oxygen atoms in total. The highest BCUT2D eigenvalue weighted by Gasteiger charge is 2.30. The van der Waals surface area contributed by atoms with Crippen molar-refractivity contribution < 1.29 is 23.1 Å². The molecule has 7 heteroatoms. The Labute approximate surface area is 189 Å². The van der Waals surface area contributed by atoms with Crippen LogP contribution in [0.15, 0.2) is 66.9 Å². The van der Waals surface area contributed by atoms with Crippen molar-refractivity contribution in [3.05, 3.63) is 94.8 Å². The number of rotatable bonds is 5. The molecule has 1 heterocycles. The predicted octanol–water partition coefficient (Wildman–Crippen LogP) is 5.25. The molecule has 1 aliphatic rings. The van der Waals surface area contributed by atoms with Crippen molar-refractivity contribution in [1.82, 2.24) is 10.3 Å². The van der Waals surface area contributed by atoms with Crippen LogP contribution in [-0.4, -0.2) is 16.0 Å². The van der Waals surface area contributed by atoms with Gasteiger partial charge in [0, 0.05) is 23.9 Å². The predicted molar refractivity (Wildman–Crippen MR) is 120 cm³/mol. The van der Waals surface area contributed by atoms with Gasteiger partial charge in [0.15, 0.2) is 0 Å². The lowest BCUT2D eigenvalue weighted by molar-refractivity contribution is -0.137. The summed E-state index contributed by atoms with van der Waals surface area (Å²) in [5, 5.41) is 13.3. The Bertz CT molecular complexity index is 1220. The third-order valence-electron chi connectivity index (χ3n) is 5.60. The van der Waals surface area contributed by atoms with Gasteiger partial charge in [-0.25, -0.2) is 0 Å². The summed E-state index contributed by atoms with van der Waals surface area (Å²) in [6.45, 7) is 3.44. The number of pyridine rings is 1. The molecule has 170 valence electrons. The number of hydrogen-bond donors (Lipinski definition) is 2. The van der Waals surface area contributed by atoms with Gasteiger partial charge in [0.2, 0.25) is 5.91 Å². The highest BCUT2D eigenvalue weighted by Crippen LogP contribution is 2.35. The van der Waals surface area contributed by atoms with Crippen molar-refractivity contribution in [2.24, 2.45) is 0 Å². The molecule has 0 saturated heterocycles. The number of alkyl halides is 3. The van der Waals surface area contributed by atoms with Crippen LogP contribution < -0.4 is 5.32 Å². The van der Waals surface area contributed by atoms with Gasteiger partial charge >= 0.3 is 6.18 Å². The van der Waals surface area contributed by atoms with Crippen molar-refractivity contribution in [2.45, 2.75) is 38.5 Å². The monoisotopic (exact) mass is 452 g/mol. The number of nitrogens with one attached hydrogen (secondary N) is 1. The number of amides is 1. The van der Waals surface area contributed by atoms with Gasteiger partial charge in [-0.15, -0.1) is 0 Å². The van der Waals surface area contributed by atoms with Gasteiger partial charge in [0.25, 0.3) is 0 Å². The highest BCUT2D eigenvalue weighted by atomic mass is 19.4. The summed E-state index contributed by atoms with van der Waals surface area (Å²) in [7, 11) is 0. The van der Waals surface area contributed by atoms with E-state index in [4.69, 9.17) is 0 Å². The van der Waals surface area contributed by atoms with E-state index in [1.807, 2.05) is 36.4 Å². The Morgan fingerprint density at radius 1 is 1.06 bits per heavy atom. The number of carbonyl (C=O) groups excluding carboxylic acids is 1. The first kappa shape index (κ1) is 22.7. The zero-order valence-corrected chi connectivity index (χ0v) is 18.2. The zero-order chi connectivity index (χ0) is 23.8. The minimum atomic E-state index is -4.41. The average molecular weight is 452 g/mol. The van der Waals surface area contributed by atoms with E-state index in [1.165, 1.54) is 12.1 Å². The number of hydrogen-bond acceptors (Lipinski definition) is 3. The van der Waals surface area contributed by atoms with Crippen LogP contribution in [0.4, 0.5) is 13.2 Å². The fourth-order valence-corrected chi connectivity index (χ4v) is 3.87. The van der Waals surface area contributed by atoms with Gasteiger partial charge in [0.1, 0.15) is 0 Å². The molecule has 0 spiro atoms. The van der Waals surface area contributed by atoms with E-state index in [1.54, 1.807) is 20.0 Å². The lowest BCUT2D eigenvalue weighted by Crippen LogP contribution is -2.23. The Kier molecular flexibility index (Phi) is 5.84. The number of aromatic nitrogens is 1. The summed E-state index contributed by atoms with van der Waals surface area (Å²) in [4.78, 5) is 17.1. The maximum absolute atomic E-state index is 12.8. The Balaban J connectivity index is 1.56. The minimum Gasteiger partial charge on any atom is -0.386 e. The van der Waals surface area contributed by atoms with Crippen LogP contribution in [0.5, 0.6) is 0 Å². The van der Waals surface area contributed by atoms with Crippen LogP contribution in [0.2, 0.25) is 0 Å². The van der Waals surface area contributed by atoms with Gasteiger partial charge in [0.05, 0.1) is 23.3 Å². The minimum absolute atomic E-state index is 0.0470. The van der Waals surface area contributed by atoms with E-state index in [0.717, 1.165) is 40.1 Å². The van der Waals surface area contributed by atoms with Crippen molar-refractivity contribution in [2.75, 3.05) is 0 Å². The molecule has 0 unspecified atom stereocenters. The topological polar surface area (TPSA) is 62.2 Å². The standard InChI is InChI=1S/C26H23F3N2O2/c1-25(2,33)19-5-3-4-17(15-19)20-12-13-30-21-10-11-22(24(20)21)31-23(32)14-16-6-8-18(9-7-16)26(27,28)29/h3-9,11-13,15,33H,10,14H2,1-2H3,(H,31,32). The highest BCUT2D eigenvalue weighted by molar-refractivity contribution is 5.93. The van der Waals surface area contributed by atoms with Gasteiger partial charge in [-0.1, -0.05) is 36.4 Å². The summed E-state index contributed by atoms with van der Waals surface area (Å²) in [6, 6.07) is 14.0. The lowest BCUT2D eigenvalue weighted by atomic mass is 9.92. The van der Waals surface area contributed by atoms with E-state index in [-0.39, 0.29) is 12.3 Å². The maximum Gasteiger partial charge on any atom is 0.416 e. The van der Waals surface area contributed by atoms with Crippen molar-refractivity contribution in [3.8, 4) is 11.1 Å². The maximum atomic E-state index is 12.8. The van der Waals surface area contributed by atoms with Crippen LogP contribution in [0, 0.1) is 0 Å². The Morgan fingerprint density at radius 3 is 2.45 bits per heavy atom. The molecule has 0 aliphatic heterocycles. The smallest absolute Gasteiger partial charge is 0.386 e. The molecule has 4 rings (SSSR count). The average Bonchev–Trinajstić information content (AvgIpc) is 3.16. The number of nitrogens with zero attached hydrogens (tertiary/aromatic N) is 1. The molecule has 0 atom stereocenters. The largest absolute Gasteiger partial charge is 0.416 e. The number of fused-ring (bicyclic) bond motifs is 1. The molecule has 0 saturated carbocycles. The van der Waals surface area contributed by atoms with E-state index >= 15 is 0 Å². The SMILES string of the molecule is CC(C)(O)c1cccc(-c2ccnc3c2C(NC(=O)Cc2ccc(C(F)(F)F)cc2)=CC3)c1. The molecule has 1 amide bonds. The molecule has 0 radical (unpaired) electrons. The van der Waals surface area contributed by atoms with E-state index in [0.29, 0.717) is 17.7 Å². The van der Waals surface area contributed by atoms with Crippen molar-refractivity contribution >= 4 is 11.6 Å². The van der Waals surface area contributed by atoms with Crippen LogP contribution in [-0.2, 0) is 29.4 Å². The zero-order valence-electron chi connectivity index (χ0n) is 18.2. The van der Waals surface area contributed by atoms with Gasteiger partial charge < -0.3 is 10.4 Å². The number of allylic oxidation sites excluding steroid dienone is 1. The second-order valence-corrected chi connectivity index (χ2v) is 8.56. The van der Waals surface area contributed by atoms with E-state index in [9.17, 15) is 23.1 Å². The number of aliphatic hydroxyl groups is 1. The van der Waals surface area contributed by atoms with Crippen LogP contribution in [0.1, 0.15) is 41.8 Å². The van der Waals surface area contributed by atoms with Crippen LogP contribution >= 0.6 is 0 Å². The van der Waals surface area contributed by atoms with Crippen LogP contribution in [0.3, 0.4) is 0 Å². The molecule has 33 heavy (non-hydrogen) atoms. The summed E-state index contributed by atoms with van der Waals surface area (Å²) in [5.41, 5.74) is 3.53. The second kappa shape index (κ2) is 8.48. The first-order chi connectivity index (χ1) is 15.5. The Hall–Kier alpha value is -3.45. The normalized spacial score (nSPS) is 13.5. The third-order valence-corrected chi connectivity index (χ3v) is 5.60. The first-order valence-electron chi connectivity index (χ1n) is 10.5. The quantitative estimate of drug-likeness (QED) is 0.556. The lowest BCUT2D eigenvalue weighted by Gasteiger charge is -2.19. The summed E-state index contributed by atoms with van der Waals surface area (Å²) in [6.07, 6.45) is -0.304. The second-order valence-electron chi connectivity index (χ2n) is 8.56. The summed E-state index contributed by atoms with van der Waals surface area (Å²) in [5.74, 6) is -0.325. The number of benzene rings is 2. The fourth-order valence-electron chi connectivity index (χ4n) is 3.87. The van der Waals surface area contributed by atoms with E-state index < -0.39 is 17.3 Å². The van der Waals surface area contributed by atoms with E-state index in [2.05, 4.69) is 10.3 Å². The molecule has 0 fully saturated rings. The third kappa shape index (κ3) is 4.98. The number of halogens is 3. The molecular formula is C26H23F3N2O2. The summed E-state index contributed by atoms with van der Waals surface area (Å²) < 4.78 is 38.3. The van der Waals surface area contributed by atoms with Gasteiger partial charge in [-0.3, -0.25) is 9.78 Å². The molecule has 0 bridgehead atoms. The fraction of sp³-hybridized carbons (Fsp3) is 0.231. The molecule has 3 aromatic rings.